The Morgan fingerprint density at radius 1 is 1.08 bits per heavy atom. The van der Waals surface area contributed by atoms with Crippen LogP contribution in [0.5, 0.6) is 0 Å². The lowest BCUT2D eigenvalue weighted by Gasteiger charge is -1.88. The molecule has 0 saturated carbocycles. The molecule has 1 aromatic carbocycles. The van der Waals surface area contributed by atoms with Crippen molar-refractivity contribution in [3.05, 3.63) is 53.0 Å². The molecule has 0 fully saturated rings. The summed E-state index contributed by atoms with van der Waals surface area (Å²) in [6.45, 7) is 0. The summed E-state index contributed by atoms with van der Waals surface area (Å²) in [5, 5.41) is 0. The Kier molecular flexibility index (Phi) is 4.47. The molecule has 0 bridgehead atoms. The summed E-state index contributed by atoms with van der Waals surface area (Å²) in [4.78, 5) is 1.88. The Morgan fingerprint density at radius 2 is 1.83 bits per heavy atom. The van der Waals surface area contributed by atoms with Gasteiger partial charge in [0.25, 0.3) is 0 Å². The van der Waals surface area contributed by atoms with Gasteiger partial charge in [0.2, 0.25) is 0 Å². The molecule has 62 valence electrons. The summed E-state index contributed by atoms with van der Waals surface area (Å²) in [6, 6.07) is 10.3. The molecule has 0 nitrogen and oxygen atoms in total. The van der Waals surface area contributed by atoms with Crippen molar-refractivity contribution >= 4 is 22.0 Å². The largest absolute Gasteiger partial charge is 0.0801 e. The Bertz CT molecular complexity index is 260. The van der Waals surface area contributed by atoms with Gasteiger partial charge < -0.3 is 0 Å². The van der Waals surface area contributed by atoms with Crippen molar-refractivity contribution in [3.8, 4) is 0 Å². The fraction of sp³-hybridized carbons (Fsp3) is 0.0909. The van der Waals surface area contributed by atoms with E-state index in [1.165, 1.54) is 5.56 Å². The van der Waals surface area contributed by atoms with Crippen molar-refractivity contribution < 1.29 is 0 Å². The highest BCUT2D eigenvalue weighted by Gasteiger charge is 1.79. The first-order valence-corrected chi connectivity index (χ1v) is 4.82. The monoisotopic (exact) mass is 222 g/mol. The summed E-state index contributed by atoms with van der Waals surface area (Å²) in [7, 11) is 0. The first kappa shape index (κ1) is 9.27. The molecule has 0 amide bonds. The first-order valence-electron chi connectivity index (χ1n) is 3.90. The third kappa shape index (κ3) is 3.54. The van der Waals surface area contributed by atoms with Crippen molar-refractivity contribution in [2.45, 2.75) is 6.42 Å². The third-order valence-electron chi connectivity index (χ3n) is 1.47. The Hall–Kier alpha value is -0.820. The number of hydrogen-bond donors (Lipinski definition) is 0. The molecule has 0 heterocycles. The zero-order valence-electron chi connectivity index (χ0n) is 6.78. The van der Waals surface area contributed by atoms with Crippen molar-refractivity contribution in [3.63, 3.8) is 0 Å². The van der Waals surface area contributed by atoms with E-state index in [1.807, 2.05) is 23.2 Å². The van der Waals surface area contributed by atoms with Gasteiger partial charge in [-0.05, 0) is 17.0 Å². The van der Waals surface area contributed by atoms with Crippen LogP contribution in [0.25, 0.3) is 6.08 Å². The quantitative estimate of drug-likeness (QED) is 0.726. The van der Waals surface area contributed by atoms with Crippen LogP contribution in [0.3, 0.4) is 0 Å². The van der Waals surface area contributed by atoms with Crippen LogP contribution >= 0.6 is 15.9 Å². The second kappa shape index (κ2) is 5.78. The standard InChI is InChI=1S/C11H11Br/c12-10-6-2-5-9-11-7-3-1-4-8-11/h1,3-10H,2H2/b9-5+,10-6+. The van der Waals surface area contributed by atoms with Gasteiger partial charge in [0.1, 0.15) is 0 Å². The molecule has 0 radical (unpaired) electrons. The average molecular weight is 223 g/mol. The van der Waals surface area contributed by atoms with Gasteiger partial charge in [-0.25, -0.2) is 0 Å². The number of hydrogen-bond acceptors (Lipinski definition) is 0. The van der Waals surface area contributed by atoms with Gasteiger partial charge in [0.05, 0.1) is 0 Å². The molecule has 1 rings (SSSR count). The summed E-state index contributed by atoms with van der Waals surface area (Å²) in [6.07, 6.45) is 7.28. The molecule has 0 N–H and O–H groups in total. The summed E-state index contributed by atoms with van der Waals surface area (Å²) in [5.74, 6) is 0. The maximum absolute atomic E-state index is 3.22. The molecule has 1 aromatic rings. The van der Waals surface area contributed by atoms with E-state index >= 15 is 0 Å². The number of rotatable bonds is 3. The van der Waals surface area contributed by atoms with E-state index in [9.17, 15) is 0 Å². The van der Waals surface area contributed by atoms with Crippen LogP contribution in [0.1, 0.15) is 12.0 Å². The van der Waals surface area contributed by atoms with Gasteiger partial charge in [-0.15, -0.1) is 0 Å². The van der Waals surface area contributed by atoms with Gasteiger partial charge in [-0.2, -0.15) is 0 Å². The summed E-state index contributed by atoms with van der Waals surface area (Å²) in [5.41, 5.74) is 1.25. The van der Waals surface area contributed by atoms with E-state index < -0.39 is 0 Å². The smallest absolute Gasteiger partial charge is 0.0158 e. The van der Waals surface area contributed by atoms with Crippen LogP contribution in [0, 0.1) is 0 Å². The van der Waals surface area contributed by atoms with Crippen molar-refractivity contribution in [2.24, 2.45) is 0 Å². The van der Waals surface area contributed by atoms with E-state index in [2.05, 4.69) is 46.3 Å². The lowest BCUT2D eigenvalue weighted by atomic mass is 10.2. The number of benzene rings is 1. The Balaban J connectivity index is 2.47. The lowest BCUT2D eigenvalue weighted by molar-refractivity contribution is 1.42. The van der Waals surface area contributed by atoms with Crippen LogP contribution in [0.2, 0.25) is 0 Å². The summed E-state index contributed by atoms with van der Waals surface area (Å²) < 4.78 is 0. The van der Waals surface area contributed by atoms with Gasteiger partial charge >= 0.3 is 0 Å². The second-order valence-corrected chi connectivity index (χ2v) is 2.94. The molecular weight excluding hydrogens is 212 g/mol. The van der Waals surface area contributed by atoms with Gasteiger partial charge in [-0.3, -0.25) is 0 Å². The van der Waals surface area contributed by atoms with Crippen molar-refractivity contribution in [1.29, 1.82) is 0 Å². The highest BCUT2D eigenvalue weighted by Crippen LogP contribution is 2.02. The van der Waals surface area contributed by atoms with E-state index in [0.29, 0.717) is 0 Å². The molecule has 0 saturated heterocycles. The fourth-order valence-corrected chi connectivity index (χ4v) is 1.11. The van der Waals surface area contributed by atoms with E-state index in [4.69, 9.17) is 0 Å². The van der Waals surface area contributed by atoms with Crippen molar-refractivity contribution in [1.82, 2.24) is 0 Å². The van der Waals surface area contributed by atoms with E-state index in [1.54, 1.807) is 0 Å². The number of halogens is 1. The molecular formula is C11H11Br. The van der Waals surface area contributed by atoms with Crippen LogP contribution < -0.4 is 0 Å². The molecule has 0 unspecified atom stereocenters. The van der Waals surface area contributed by atoms with E-state index in [-0.39, 0.29) is 0 Å². The molecule has 0 aliphatic heterocycles. The highest BCUT2D eigenvalue weighted by molar-refractivity contribution is 9.11. The molecule has 0 spiro atoms. The summed E-state index contributed by atoms with van der Waals surface area (Å²) >= 11 is 3.22. The van der Waals surface area contributed by atoms with Crippen LogP contribution in [0.4, 0.5) is 0 Å². The third-order valence-corrected chi connectivity index (χ3v) is 1.84. The molecule has 0 aliphatic carbocycles. The normalized spacial score (nSPS) is 11.4. The molecule has 0 aromatic heterocycles. The zero-order valence-corrected chi connectivity index (χ0v) is 8.37. The Morgan fingerprint density at radius 3 is 2.50 bits per heavy atom. The van der Waals surface area contributed by atoms with Gasteiger partial charge in [0.15, 0.2) is 0 Å². The topological polar surface area (TPSA) is 0 Å². The molecule has 12 heavy (non-hydrogen) atoms. The van der Waals surface area contributed by atoms with Crippen LogP contribution in [-0.2, 0) is 0 Å². The average Bonchev–Trinajstić information content (AvgIpc) is 2.14. The first-order chi connectivity index (χ1) is 5.93. The van der Waals surface area contributed by atoms with Gasteiger partial charge in [-0.1, -0.05) is 64.5 Å². The molecule has 1 heteroatoms. The SMILES string of the molecule is Br/C=C/C/C=C/c1ccccc1. The maximum atomic E-state index is 3.22. The predicted molar refractivity (Wildman–Crippen MR) is 58.2 cm³/mol. The van der Waals surface area contributed by atoms with E-state index in [0.717, 1.165) is 6.42 Å². The minimum atomic E-state index is 0.972. The second-order valence-electron chi connectivity index (χ2n) is 2.41. The zero-order chi connectivity index (χ0) is 8.65. The minimum absolute atomic E-state index is 0.972. The molecule has 0 aliphatic rings. The fourth-order valence-electron chi connectivity index (χ4n) is 0.898. The van der Waals surface area contributed by atoms with Crippen LogP contribution in [-0.4, -0.2) is 0 Å². The van der Waals surface area contributed by atoms with Gasteiger partial charge in [0, 0.05) is 0 Å². The Labute approximate surface area is 81.7 Å². The number of allylic oxidation sites excluding steroid dienone is 2. The molecule has 0 atom stereocenters. The van der Waals surface area contributed by atoms with Crippen LogP contribution in [0.15, 0.2) is 47.5 Å². The minimum Gasteiger partial charge on any atom is -0.0801 e. The lowest BCUT2D eigenvalue weighted by Crippen LogP contribution is -1.67. The highest BCUT2D eigenvalue weighted by atomic mass is 79.9. The predicted octanol–water partition coefficient (Wildman–Crippen LogP) is 4.00. The maximum Gasteiger partial charge on any atom is -0.0158 e. The van der Waals surface area contributed by atoms with Crippen molar-refractivity contribution in [2.75, 3.05) is 0 Å².